The lowest BCUT2D eigenvalue weighted by Gasteiger charge is -2.46. The third-order valence-corrected chi connectivity index (χ3v) is 4.18. The predicted molar refractivity (Wildman–Crippen MR) is 97.8 cm³/mol. The summed E-state index contributed by atoms with van der Waals surface area (Å²) in [6, 6.07) is 29.3. The summed E-state index contributed by atoms with van der Waals surface area (Å²) in [5.41, 5.74) is 9.31. The van der Waals surface area contributed by atoms with E-state index in [2.05, 4.69) is 10.9 Å². The average molecular weight is 331 g/mol. The molecule has 0 saturated carbocycles. The third kappa shape index (κ3) is 3.21. The van der Waals surface area contributed by atoms with Gasteiger partial charge in [-0.3, -0.25) is 10.0 Å². The zero-order chi connectivity index (χ0) is 17.1. The Labute approximate surface area is 147 Å². The van der Waals surface area contributed by atoms with Crippen LogP contribution >= 0.6 is 0 Å². The average Bonchev–Trinajstić information content (AvgIpc) is 2.70. The van der Waals surface area contributed by atoms with Gasteiger partial charge in [0.2, 0.25) is 0 Å². The minimum absolute atomic E-state index is 0.216. The first kappa shape index (κ1) is 15.7. The number of rotatable bonds is 3. The summed E-state index contributed by atoms with van der Waals surface area (Å²) in [6.45, 7) is 0. The number of nitrogens with zero attached hydrogens (tertiary/aromatic N) is 2. The van der Waals surface area contributed by atoms with Gasteiger partial charge in [0, 0.05) is 0 Å². The summed E-state index contributed by atoms with van der Waals surface area (Å²) in [6.07, 6.45) is -1.36. The van der Waals surface area contributed by atoms with E-state index in [9.17, 15) is 5.11 Å². The highest BCUT2D eigenvalue weighted by Gasteiger charge is 2.34. The number of anilines is 2. The molecule has 3 aromatic carbocycles. The Balaban J connectivity index is 1.72. The van der Waals surface area contributed by atoms with Crippen molar-refractivity contribution in [3.05, 3.63) is 96.6 Å². The second-order valence-corrected chi connectivity index (χ2v) is 5.84. The highest BCUT2D eigenvalue weighted by atomic mass is 16.3. The van der Waals surface area contributed by atoms with Gasteiger partial charge in [-0.2, -0.15) is 5.11 Å². The molecule has 3 aromatic rings. The zero-order valence-electron chi connectivity index (χ0n) is 13.6. The SMILES string of the molecule is [O]C1N(c2ccccc2)NC(c2ccccc2)NN1c1ccccc1. The molecule has 25 heavy (non-hydrogen) atoms. The first-order valence-corrected chi connectivity index (χ1v) is 8.24. The second-order valence-electron chi connectivity index (χ2n) is 5.84. The number of hydrogen-bond acceptors (Lipinski definition) is 4. The number of hydrogen-bond donors (Lipinski definition) is 2. The molecule has 0 atom stereocenters. The maximum absolute atomic E-state index is 13.1. The van der Waals surface area contributed by atoms with E-state index in [1.165, 1.54) is 0 Å². The second kappa shape index (κ2) is 6.94. The molecule has 5 heteroatoms. The summed E-state index contributed by atoms with van der Waals surface area (Å²) in [5.74, 6) is 0. The summed E-state index contributed by atoms with van der Waals surface area (Å²) in [4.78, 5) is 0. The fourth-order valence-corrected chi connectivity index (χ4v) is 2.93. The molecule has 0 unspecified atom stereocenters. The third-order valence-electron chi connectivity index (χ3n) is 4.18. The lowest BCUT2D eigenvalue weighted by atomic mass is 10.2. The van der Waals surface area contributed by atoms with Gasteiger partial charge >= 0.3 is 0 Å². The van der Waals surface area contributed by atoms with E-state index in [0.717, 1.165) is 16.9 Å². The molecule has 1 fully saturated rings. The Morgan fingerprint density at radius 2 is 1.00 bits per heavy atom. The molecular weight excluding hydrogens is 312 g/mol. The van der Waals surface area contributed by atoms with Crippen molar-refractivity contribution < 1.29 is 5.11 Å². The fraction of sp³-hybridized carbons (Fsp3) is 0.100. The Hall–Kier alpha value is -2.86. The monoisotopic (exact) mass is 331 g/mol. The lowest BCUT2D eigenvalue weighted by Crippen LogP contribution is -2.68. The van der Waals surface area contributed by atoms with Crippen LogP contribution in [-0.4, -0.2) is 6.35 Å². The van der Waals surface area contributed by atoms with Crippen LogP contribution in [0.15, 0.2) is 91.0 Å². The van der Waals surface area contributed by atoms with E-state index < -0.39 is 6.35 Å². The topological polar surface area (TPSA) is 50.4 Å². The number of hydrazine groups is 2. The molecule has 0 amide bonds. The summed E-state index contributed by atoms with van der Waals surface area (Å²) < 4.78 is 0. The van der Waals surface area contributed by atoms with E-state index >= 15 is 0 Å². The van der Waals surface area contributed by atoms with Crippen LogP contribution in [0.25, 0.3) is 0 Å². The van der Waals surface area contributed by atoms with Crippen molar-refractivity contribution in [1.82, 2.24) is 10.9 Å². The number of benzene rings is 3. The van der Waals surface area contributed by atoms with Crippen LogP contribution in [0, 0.1) is 0 Å². The van der Waals surface area contributed by atoms with Crippen molar-refractivity contribution in [3.63, 3.8) is 0 Å². The molecule has 0 aromatic heterocycles. The standard InChI is InChI=1S/C20H19N4O/c25-20-23(17-12-6-2-7-13-17)21-19(16-10-4-1-5-11-16)22-24(20)18-14-8-3-9-15-18/h1-15,19-22H. The van der Waals surface area contributed by atoms with Gasteiger partial charge in [-0.1, -0.05) is 66.7 Å². The van der Waals surface area contributed by atoms with Gasteiger partial charge in [0.15, 0.2) is 0 Å². The van der Waals surface area contributed by atoms with Crippen molar-refractivity contribution in [3.8, 4) is 0 Å². The molecular formula is C20H19N4O. The van der Waals surface area contributed by atoms with Crippen molar-refractivity contribution in [2.24, 2.45) is 0 Å². The van der Waals surface area contributed by atoms with Gasteiger partial charge in [0.1, 0.15) is 6.17 Å². The first-order valence-electron chi connectivity index (χ1n) is 8.24. The van der Waals surface area contributed by atoms with Crippen LogP contribution in [0.2, 0.25) is 0 Å². The molecule has 1 heterocycles. The van der Waals surface area contributed by atoms with Gasteiger partial charge in [0.05, 0.1) is 11.4 Å². The Bertz CT molecular complexity index is 748. The Morgan fingerprint density at radius 3 is 1.44 bits per heavy atom. The number of nitrogens with one attached hydrogen (secondary N) is 2. The van der Waals surface area contributed by atoms with Crippen LogP contribution in [0.3, 0.4) is 0 Å². The molecule has 5 nitrogen and oxygen atoms in total. The maximum Gasteiger partial charge on any atom is 0.268 e. The highest BCUT2D eigenvalue weighted by molar-refractivity contribution is 5.52. The van der Waals surface area contributed by atoms with E-state index in [4.69, 9.17) is 0 Å². The van der Waals surface area contributed by atoms with Gasteiger partial charge in [-0.25, -0.2) is 10.9 Å². The van der Waals surface area contributed by atoms with Crippen molar-refractivity contribution >= 4 is 11.4 Å². The highest BCUT2D eigenvalue weighted by Crippen LogP contribution is 2.26. The molecule has 1 radical (unpaired) electrons. The van der Waals surface area contributed by atoms with E-state index in [-0.39, 0.29) is 6.17 Å². The smallest absolute Gasteiger partial charge is 0.257 e. The fourth-order valence-electron chi connectivity index (χ4n) is 2.93. The first-order chi connectivity index (χ1) is 12.3. The predicted octanol–water partition coefficient (Wildman–Crippen LogP) is 3.44. The van der Waals surface area contributed by atoms with Gasteiger partial charge in [-0.15, -0.1) is 0 Å². The van der Waals surface area contributed by atoms with Crippen LogP contribution in [-0.2, 0) is 5.11 Å². The van der Waals surface area contributed by atoms with E-state index in [0.29, 0.717) is 0 Å². The maximum atomic E-state index is 13.1. The van der Waals surface area contributed by atoms with Crippen LogP contribution in [0.4, 0.5) is 11.4 Å². The Kier molecular flexibility index (Phi) is 4.35. The molecule has 1 aliphatic rings. The molecule has 1 saturated heterocycles. The quantitative estimate of drug-likeness (QED) is 0.772. The number of para-hydroxylation sites is 2. The molecule has 4 rings (SSSR count). The molecule has 125 valence electrons. The summed E-state index contributed by atoms with van der Waals surface area (Å²) in [7, 11) is 0. The summed E-state index contributed by atoms with van der Waals surface area (Å²) >= 11 is 0. The largest absolute Gasteiger partial charge is 0.268 e. The normalized spacial score (nSPS) is 20.5. The zero-order valence-corrected chi connectivity index (χ0v) is 13.6. The lowest BCUT2D eigenvalue weighted by molar-refractivity contribution is 0.0322. The van der Waals surface area contributed by atoms with E-state index in [1.807, 2.05) is 91.0 Å². The molecule has 0 bridgehead atoms. The molecule has 2 N–H and O–H groups in total. The van der Waals surface area contributed by atoms with Crippen molar-refractivity contribution in [2.75, 3.05) is 10.0 Å². The van der Waals surface area contributed by atoms with Crippen LogP contribution in [0.1, 0.15) is 11.7 Å². The van der Waals surface area contributed by atoms with E-state index in [1.54, 1.807) is 10.0 Å². The van der Waals surface area contributed by atoms with Gasteiger partial charge < -0.3 is 0 Å². The van der Waals surface area contributed by atoms with Crippen LogP contribution in [0.5, 0.6) is 0 Å². The summed E-state index contributed by atoms with van der Waals surface area (Å²) in [5, 5.41) is 16.4. The minimum Gasteiger partial charge on any atom is -0.257 e. The van der Waals surface area contributed by atoms with Crippen molar-refractivity contribution in [2.45, 2.75) is 12.5 Å². The minimum atomic E-state index is -1.15. The van der Waals surface area contributed by atoms with Crippen molar-refractivity contribution in [1.29, 1.82) is 0 Å². The molecule has 0 aliphatic carbocycles. The van der Waals surface area contributed by atoms with Gasteiger partial charge in [0.25, 0.3) is 6.35 Å². The Morgan fingerprint density at radius 1 is 0.600 bits per heavy atom. The van der Waals surface area contributed by atoms with Crippen LogP contribution < -0.4 is 20.9 Å². The van der Waals surface area contributed by atoms with Gasteiger partial charge in [-0.05, 0) is 29.8 Å². The molecule has 0 spiro atoms. The molecule has 1 aliphatic heterocycles.